The number of rotatable bonds is 7. The van der Waals surface area contributed by atoms with Gasteiger partial charge in [-0.2, -0.15) is 0 Å². The highest BCUT2D eigenvalue weighted by atomic mass is 35.5. The molecular weight excluding hydrogens is 325 g/mol. The van der Waals surface area contributed by atoms with Crippen molar-refractivity contribution in [3.8, 4) is 0 Å². The topological polar surface area (TPSA) is 62.4 Å². The Kier molecular flexibility index (Phi) is 4.98. The number of aliphatic hydroxyl groups excluding tert-OH is 1. The van der Waals surface area contributed by atoms with Crippen molar-refractivity contribution in [1.82, 2.24) is 15.1 Å². The summed E-state index contributed by atoms with van der Waals surface area (Å²) >= 11 is 12.0. The summed E-state index contributed by atoms with van der Waals surface area (Å²) in [5, 5.41) is 18.5. The van der Waals surface area contributed by atoms with Crippen LogP contribution in [0.15, 0.2) is 22.6 Å². The number of aromatic nitrogens is 2. The van der Waals surface area contributed by atoms with Crippen molar-refractivity contribution in [1.29, 1.82) is 0 Å². The van der Waals surface area contributed by atoms with E-state index >= 15 is 0 Å². The van der Waals surface area contributed by atoms with E-state index < -0.39 is 0 Å². The van der Waals surface area contributed by atoms with E-state index in [1.807, 2.05) is 17.0 Å². The van der Waals surface area contributed by atoms with Crippen LogP contribution in [0.2, 0.25) is 10.0 Å². The molecule has 0 saturated heterocycles. The van der Waals surface area contributed by atoms with Gasteiger partial charge < -0.3 is 9.52 Å². The van der Waals surface area contributed by atoms with Crippen LogP contribution in [0.1, 0.15) is 36.1 Å². The molecule has 1 aliphatic carbocycles. The number of aliphatic hydroxyl groups is 1. The Bertz CT molecular complexity index is 643. The van der Waals surface area contributed by atoms with Gasteiger partial charge in [0, 0.05) is 19.0 Å². The largest absolute Gasteiger partial charge is 0.424 e. The van der Waals surface area contributed by atoms with Crippen LogP contribution in [0.25, 0.3) is 0 Å². The normalized spacial score (nSPS) is 14.7. The smallest absolute Gasteiger partial charge is 0.230 e. The molecular formula is C15H17Cl2N3O2. The summed E-state index contributed by atoms with van der Waals surface area (Å²) in [4.78, 5) is 2.03. The lowest BCUT2D eigenvalue weighted by Gasteiger charge is -2.19. The summed E-state index contributed by atoms with van der Waals surface area (Å²) in [6.45, 7) is 1.70. The molecule has 2 aromatic rings. The molecule has 1 saturated carbocycles. The van der Waals surface area contributed by atoms with Crippen LogP contribution in [0.3, 0.4) is 0 Å². The van der Waals surface area contributed by atoms with Crippen molar-refractivity contribution in [3.05, 3.63) is 45.6 Å². The predicted molar refractivity (Wildman–Crippen MR) is 83.9 cm³/mol. The molecule has 0 amide bonds. The van der Waals surface area contributed by atoms with E-state index in [2.05, 4.69) is 10.2 Å². The van der Waals surface area contributed by atoms with E-state index in [0.717, 1.165) is 24.3 Å². The second-order valence-electron chi connectivity index (χ2n) is 5.49. The third-order valence-corrected chi connectivity index (χ3v) is 4.31. The Morgan fingerprint density at radius 2 is 2.00 bits per heavy atom. The third-order valence-electron chi connectivity index (χ3n) is 3.57. The maximum absolute atomic E-state index is 9.24. The van der Waals surface area contributed by atoms with E-state index in [0.29, 0.717) is 41.5 Å². The second kappa shape index (κ2) is 6.96. The molecule has 118 valence electrons. The van der Waals surface area contributed by atoms with Crippen LogP contribution in [0.4, 0.5) is 0 Å². The minimum absolute atomic E-state index is 0.0605. The fraction of sp³-hybridized carbons (Fsp3) is 0.467. The van der Waals surface area contributed by atoms with E-state index in [4.69, 9.17) is 27.6 Å². The molecule has 1 aromatic heterocycles. The first-order chi connectivity index (χ1) is 10.7. The molecule has 0 aliphatic heterocycles. The average molecular weight is 342 g/mol. The van der Waals surface area contributed by atoms with Crippen molar-refractivity contribution >= 4 is 23.2 Å². The van der Waals surface area contributed by atoms with Gasteiger partial charge in [0.25, 0.3) is 0 Å². The molecule has 0 atom stereocenters. The van der Waals surface area contributed by atoms with Crippen molar-refractivity contribution < 1.29 is 9.52 Å². The zero-order valence-electron chi connectivity index (χ0n) is 12.0. The molecule has 3 rings (SSSR count). The van der Waals surface area contributed by atoms with Gasteiger partial charge in [-0.25, -0.2) is 0 Å². The molecule has 1 aromatic carbocycles. The maximum Gasteiger partial charge on any atom is 0.230 e. The van der Waals surface area contributed by atoms with Crippen LogP contribution in [-0.2, 0) is 13.1 Å². The highest BCUT2D eigenvalue weighted by Gasteiger charge is 2.29. The van der Waals surface area contributed by atoms with E-state index in [1.54, 1.807) is 6.07 Å². The van der Waals surface area contributed by atoms with Crippen LogP contribution >= 0.6 is 23.2 Å². The molecule has 1 aliphatic rings. The first-order valence-corrected chi connectivity index (χ1v) is 8.00. The van der Waals surface area contributed by atoms with Crippen LogP contribution in [0, 0.1) is 0 Å². The quantitative estimate of drug-likeness (QED) is 0.837. The number of benzene rings is 1. The molecule has 22 heavy (non-hydrogen) atoms. The summed E-state index contributed by atoms with van der Waals surface area (Å²) in [6.07, 6.45) is 2.26. The van der Waals surface area contributed by atoms with E-state index in [-0.39, 0.29) is 6.61 Å². The zero-order chi connectivity index (χ0) is 15.5. The van der Waals surface area contributed by atoms with Crippen molar-refractivity contribution in [3.63, 3.8) is 0 Å². The standard InChI is InChI=1S/C15H17Cl2N3O2/c16-12-4-1-10(7-13(12)17)8-20(5-6-21)9-14-18-19-15(22-14)11-2-3-11/h1,4,7,11,21H,2-3,5-6,8-9H2. The van der Waals surface area contributed by atoms with Gasteiger partial charge in [0.05, 0.1) is 23.2 Å². The SMILES string of the molecule is OCCN(Cc1ccc(Cl)c(Cl)c1)Cc1nnc(C2CC2)o1. The minimum Gasteiger partial charge on any atom is -0.424 e. The lowest BCUT2D eigenvalue weighted by Crippen LogP contribution is -2.26. The molecule has 1 heterocycles. The van der Waals surface area contributed by atoms with Gasteiger partial charge in [-0.05, 0) is 30.5 Å². The fourth-order valence-electron chi connectivity index (χ4n) is 2.27. The predicted octanol–water partition coefficient (Wildman–Crippen LogP) is 3.25. The lowest BCUT2D eigenvalue weighted by molar-refractivity contribution is 0.171. The molecule has 7 heteroatoms. The molecule has 0 radical (unpaired) electrons. The van der Waals surface area contributed by atoms with Crippen LogP contribution < -0.4 is 0 Å². The van der Waals surface area contributed by atoms with Gasteiger partial charge in [-0.1, -0.05) is 29.3 Å². The molecule has 5 nitrogen and oxygen atoms in total. The maximum atomic E-state index is 9.24. The summed E-state index contributed by atoms with van der Waals surface area (Å²) in [7, 11) is 0. The highest BCUT2D eigenvalue weighted by Crippen LogP contribution is 2.39. The van der Waals surface area contributed by atoms with Crippen LogP contribution in [-0.4, -0.2) is 33.4 Å². The molecule has 0 bridgehead atoms. The number of hydrogen-bond acceptors (Lipinski definition) is 5. The lowest BCUT2D eigenvalue weighted by atomic mass is 10.2. The first-order valence-electron chi connectivity index (χ1n) is 7.25. The van der Waals surface area contributed by atoms with E-state index in [1.165, 1.54) is 0 Å². The van der Waals surface area contributed by atoms with Gasteiger partial charge in [-0.3, -0.25) is 4.90 Å². The number of nitrogens with zero attached hydrogens (tertiary/aromatic N) is 3. The van der Waals surface area contributed by atoms with E-state index in [9.17, 15) is 5.11 Å². The van der Waals surface area contributed by atoms with Crippen molar-refractivity contribution in [2.24, 2.45) is 0 Å². The Hall–Kier alpha value is -1.14. The Morgan fingerprint density at radius 1 is 1.18 bits per heavy atom. The van der Waals surface area contributed by atoms with Crippen molar-refractivity contribution in [2.75, 3.05) is 13.2 Å². The summed E-state index contributed by atoms with van der Waals surface area (Å²) in [6, 6.07) is 5.52. The summed E-state index contributed by atoms with van der Waals surface area (Å²) in [5.41, 5.74) is 1.02. The fourth-order valence-corrected chi connectivity index (χ4v) is 2.59. The van der Waals surface area contributed by atoms with Gasteiger partial charge in [0.2, 0.25) is 11.8 Å². The zero-order valence-corrected chi connectivity index (χ0v) is 13.5. The number of halogens is 2. The molecule has 1 N–H and O–H groups in total. The van der Waals surface area contributed by atoms with Crippen molar-refractivity contribution in [2.45, 2.75) is 31.8 Å². The Balaban J connectivity index is 1.66. The van der Waals surface area contributed by atoms with Gasteiger partial charge in [0.1, 0.15) is 0 Å². The van der Waals surface area contributed by atoms with Gasteiger partial charge in [0.15, 0.2) is 0 Å². The molecule has 0 unspecified atom stereocenters. The highest BCUT2D eigenvalue weighted by molar-refractivity contribution is 6.42. The monoisotopic (exact) mass is 341 g/mol. The first kappa shape index (κ1) is 15.7. The van der Waals surface area contributed by atoms with Gasteiger partial charge in [-0.15, -0.1) is 10.2 Å². The van der Waals surface area contributed by atoms with Crippen LogP contribution in [0.5, 0.6) is 0 Å². The average Bonchev–Trinajstić information content (AvgIpc) is 3.24. The second-order valence-corrected chi connectivity index (χ2v) is 6.31. The van der Waals surface area contributed by atoms with Gasteiger partial charge >= 0.3 is 0 Å². The molecule has 0 spiro atoms. The third kappa shape index (κ3) is 3.98. The summed E-state index contributed by atoms with van der Waals surface area (Å²) in [5.74, 6) is 1.76. The minimum atomic E-state index is 0.0605. The Morgan fingerprint density at radius 3 is 2.68 bits per heavy atom. The Labute approximate surface area is 138 Å². The molecule has 1 fully saturated rings. The summed E-state index contributed by atoms with van der Waals surface area (Å²) < 4.78 is 5.67. The number of hydrogen-bond donors (Lipinski definition) is 1.